The summed E-state index contributed by atoms with van der Waals surface area (Å²) in [6.07, 6.45) is 10.6. The first kappa shape index (κ1) is 17.7. The second-order valence-electron chi connectivity index (χ2n) is 8.30. The minimum Gasteiger partial charge on any atom is -0.406 e. The molecule has 3 rings (SSSR count). The van der Waals surface area contributed by atoms with Gasteiger partial charge in [0.25, 0.3) is 0 Å². The molecule has 2 N–H and O–H groups in total. The highest BCUT2D eigenvalue weighted by Gasteiger charge is 2.40. The van der Waals surface area contributed by atoms with E-state index in [1.165, 1.54) is 64.5 Å². The van der Waals surface area contributed by atoms with Gasteiger partial charge in [0.1, 0.15) is 0 Å². The van der Waals surface area contributed by atoms with Crippen molar-refractivity contribution in [3.05, 3.63) is 5.89 Å². The van der Waals surface area contributed by atoms with Gasteiger partial charge in [-0.15, -0.1) is 5.10 Å². The number of piperidine rings is 1. The number of anilines is 1. The number of nitrogens with two attached hydrogens (primary N) is 1. The van der Waals surface area contributed by atoms with Crippen LogP contribution in [0.15, 0.2) is 4.42 Å². The van der Waals surface area contributed by atoms with Crippen LogP contribution >= 0.6 is 0 Å². The van der Waals surface area contributed by atoms with Crippen molar-refractivity contribution in [2.75, 3.05) is 31.6 Å². The van der Waals surface area contributed by atoms with Crippen LogP contribution in [0.1, 0.15) is 71.1 Å². The molecule has 136 valence electrons. The van der Waals surface area contributed by atoms with Crippen LogP contribution in [-0.4, -0.2) is 47.3 Å². The van der Waals surface area contributed by atoms with Crippen LogP contribution in [0.5, 0.6) is 0 Å². The minimum absolute atomic E-state index is 0.264. The van der Waals surface area contributed by atoms with E-state index in [-0.39, 0.29) is 5.54 Å². The fourth-order valence-corrected chi connectivity index (χ4v) is 4.29. The summed E-state index contributed by atoms with van der Waals surface area (Å²) in [5.41, 5.74) is 5.74. The van der Waals surface area contributed by atoms with Gasteiger partial charge in [-0.2, -0.15) is 0 Å². The zero-order chi connectivity index (χ0) is 17.2. The van der Waals surface area contributed by atoms with Crippen molar-refractivity contribution in [3.63, 3.8) is 0 Å². The maximum Gasteiger partial charge on any atom is 0.318 e. The third-order valence-corrected chi connectivity index (χ3v) is 5.63. The quantitative estimate of drug-likeness (QED) is 0.892. The summed E-state index contributed by atoms with van der Waals surface area (Å²) in [5.74, 6) is 0.500. The van der Waals surface area contributed by atoms with Crippen molar-refractivity contribution >= 4 is 6.01 Å². The fourth-order valence-electron chi connectivity index (χ4n) is 4.29. The number of hydrogen-bond donors (Lipinski definition) is 1. The van der Waals surface area contributed by atoms with E-state index in [4.69, 9.17) is 10.2 Å². The molecule has 0 unspecified atom stereocenters. The van der Waals surface area contributed by atoms with Gasteiger partial charge >= 0.3 is 6.01 Å². The Morgan fingerprint density at radius 3 is 2.29 bits per heavy atom. The van der Waals surface area contributed by atoms with Gasteiger partial charge in [-0.3, -0.25) is 4.90 Å². The summed E-state index contributed by atoms with van der Waals surface area (Å²) in [7, 11) is 2.07. The summed E-state index contributed by atoms with van der Waals surface area (Å²) in [5, 5.41) is 8.37. The second-order valence-corrected chi connectivity index (χ2v) is 8.30. The van der Waals surface area contributed by atoms with Gasteiger partial charge in [0.15, 0.2) is 0 Å². The third-order valence-electron chi connectivity index (χ3n) is 5.63. The second kappa shape index (κ2) is 7.00. The van der Waals surface area contributed by atoms with Crippen molar-refractivity contribution < 1.29 is 4.42 Å². The first-order chi connectivity index (χ1) is 11.4. The number of likely N-dealkylation sites (tertiary alicyclic amines) is 1. The average molecular weight is 335 g/mol. The number of rotatable bonds is 5. The SMILES string of the molecule is CN(CC1(N2CCCCC2)CCCCC1)c1nnc(C(C)(C)N)o1. The molecule has 0 aromatic carbocycles. The van der Waals surface area contributed by atoms with Crippen LogP contribution in [0.25, 0.3) is 0 Å². The highest BCUT2D eigenvalue weighted by molar-refractivity contribution is 5.25. The summed E-state index contributed by atoms with van der Waals surface area (Å²) < 4.78 is 5.84. The predicted molar refractivity (Wildman–Crippen MR) is 96.0 cm³/mol. The Morgan fingerprint density at radius 1 is 1.08 bits per heavy atom. The standard InChI is InChI=1S/C18H33N5O/c1-17(2,19)15-20-21-16(24-15)22(3)14-18(10-6-4-7-11-18)23-12-8-5-9-13-23/h4-14,19H2,1-3H3. The molecular weight excluding hydrogens is 302 g/mol. The lowest BCUT2D eigenvalue weighted by atomic mass is 9.79. The molecular formula is C18H33N5O. The summed E-state index contributed by atoms with van der Waals surface area (Å²) in [4.78, 5) is 4.89. The van der Waals surface area contributed by atoms with E-state index in [0.717, 1.165) is 6.54 Å². The molecule has 0 atom stereocenters. The van der Waals surface area contributed by atoms with Crippen LogP contribution in [0.2, 0.25) is 0 Å². The molecule has 2 heterocycles. The van der Waals surface area contributed by atoms with Crippen molar-refractivity contribution in [1.82, 2.24) is 15.1 Å². The number of hydrogen-bond acceptors (Lipinski definition) is 6. The predicted octanol–water partition coefficient (Wildman–Crippen LogP) is 2.89. The largest absolute Gasteiger partial charge is 0.406 e. The molecule has 6 heteroatoms. The smallest absolute Gasteiger partial charge is 0.318 e. The Bertz CT molecular complexity index is 524. The summed E-state index contributed by atoms with van der Waals surface area (Å²) in [6.45, 7) is 7.21. The molecule has 0 radical (unpaired) electrons. The number of nitrogens with zero attached hydrogens (tertiary/aromatic N) is 4. The Labute approximate surface area is 145 Å². The molecule has 1 aliphatic carbocycles. The maximum absolute atomic E-state index is 6.07. The zero-order valence-electron chi connectivity index (χ0n) is 15.6. The molecule has 1 aromatic rings. The average Bonchev–Trinajstić information content (AvgIpc) is 3.07. The zero-order valence-corrected chi connectivity index (χ0v) is 15.6. The lowest BCUT2D eigenvalue weighted by Crippen LogP contribution is -2.57. The summed E-state index contributed by atoms with van der Waals surface area (Å²) in [6, 6.07) is 0.588. The van der Waals surface area contributed by atoms with Gasteiger partial charge in [0, 0.05) is 19.1 Å². The molecule has 6 nitrogen and oxygen atoms in total. The Morgan fingerprint density at radius 2 is 1.71 bits per heavy atom. The fraction of sp³-hybridized carbons (Fsp3) is 0.889. The number of aromatic nitrogens is 2. The summed E-state index contributed by atoms with van der Waals surface area (Å²) >= 11 is 0. The Kier molecular flexibility index (Phi) is 5.16. The van der Waals surface area contributed by atoms with Crippen LogP contribution in [0, 0.1) is 0 Å². The van der Waals surface area contributed by atoms with E-state index in [0.29, 0.717) is 11.9 Å². The first-order valence-corrected chi connectivity index (χ1v) is 9.50. The highest BCUT2D eigenvalue weighted by atomic mass is 16.4. The van der Waals surface area contributed by atoms with Crippen molar-refractivity contribution in [2.45, 2.75) is 76.3 Å². The molecule has 0 bridgehead atoms. The lowest BCUT2D eigenvalue weighted by Gasteiger charge is -2.49. The molecule has 1 aromatic heterocycles. The molecule has 0 spiro atoms. The topological polar surface area (TPSA) is 71.4 Å². The van der Waals surface area contributed by atoms with Crippen molar-refractivity contribution in [1.29, 1.82) is 0 Å². The van der Waals surface area contributed by atoms with Gasteiger partial charge < -0.3 is 15.1 Å². The number of likely N-dealkylation sites (N-methyl/N-ethyl adjacent to an activating group) is 1. The molecule has 2 fully saturated rings. The van der Waals surface area contributed by atoms with E-state index < -0.39 is 5.54 Å². The monoisotopic (exact) mass is 335 g/mol. The Balaban J connectivity index is 1.75. The molecule has 2 aliphatic rings. The van der Waals surface area contributed by atoms with E-state index in [9.17, 15) is 0 Å². The van der Waals surface area contributed by atoms with Gasteiger partial charge in [-0.1, -0.05) is 30.8 Å². The maximum atomic E-state index is 6.07. The first-order valence-electron chi connectivity index (χ1n) is 9.50. The Hall–Kier alpha value is -1.14. The molecule has 1 saturated heterocycles. The van der Waals surface area contributed by atoms with Gasteiger partial charge in [0.05, 0.1) is 5.54 Å². The third kappa shape index (κ3) is 3.75. The normalized spacial score (nSPS) is 22.5. The molecule has 1 saturated carbocycles. The minimum atomic E-state index is -0.596. The van der Waals surface area contributed by atoms with Gasteiger partial charge in [0.2, 0.25) is 5.89 Å². The van der Waals surface area contributed by atoms with Crippen LogP contribution in [0.4, 0.5) is 6.01 Å². The van der Waals surface area contributed by atoms with Gasteiger partial charge in [-0.25, -0.2) is 0 Å². The van der Waals surface area contributed by atoms with E-state index >= 15 is 0 Å². The molecule has 0 amide bonds. The molecule has 24 heavy (non-hydrogen) atoms. The molecule has 1 aliphatic heterocycles. The van der Waals surface area contributed by atoms with E-state index in [1.54, 1.807) is 0 Å². The van der Waals surface area contributed by atoms with Gasteiger partial charge in [-0.05, 0) is 52.6 Å². The highest BCUT2D eigenvalue weighted by Crippen LogP contribution is 2.37. The van der Waals surface area contributed by atoms with E-state index in [2.05, 4.69) is 27.0 Å². The van der Waals surface area contributed by atoms with Crippen LogP contribution in [-0.2, 0) is 5.54 Å². The van der Waals surface area contributed by atoms with E-state index in [1.807, 2.05) is 13.8 Å². The van der Waals surface area contributed by atoms with Crippen molar-refractivity contribution in [3.8, 4) is 0 Å². The van der Waals surface area contributed by atoms with Crippen LogP contribution < -0.4 is 10.6 Å². The van der Waals surface area contributed by atoms with Crippen LogP contribution in [0.3, 0.4) is 0 Å². The van der Waals surface area contributed by atoms with Crippen molar-refractivity contribution in [2.24, 2.45) is 5.73 Å². The lowest BCUT2D eigenvalue weighted by molar-refractivity contribution is 0.0389.